The third-order valence-electron chi connectivity index (χ3n) is 3.06. The Labute approximate surface area is 113 Å². The summed E-state index contributed by atoms with van der Waals surface area (Å²) >= 11 is 0. The lowest BCUT2D eigenvalue weighted by molar-refractivity contribution is -0.116. The van der Waals surface area contributed by atoms with Crippen LogP contribution in [0.2, 0.25) is 0 Å². The summed E-state index contributed by atoms with van der Waals surface area (Å²) in [6.07, 6.45) is 2.42. The number of rotatable bonds is 5. The normalized spacial score (nSPS) is 14.4. The Morgan fingerprint density at radius 3 is 3.00 bits per heavy atom. The lowest BCUT2D eigenvalue weighted by Gasteiger charge is -2.15. The van der Waals surface area contributed by atoms with Crippen LogP contribution in [0.15, 0.2) is 24.3 Å². The van der Waals surface area contributed by atoms with E-state index in [2.05, 4.69) is 17.6 Å². The third-order valence-corrected chi connectivity index (χ3v) is 3.06. The van der Waals surface area contributed by atoms with Crippen LogP contribution in [-0.4, -0.2) is 25.0 Å². The highest BCUT2D eigenvalue weighted by Crippen LogP contribution is 2.21. The molecule has 0 aromatic heterocycles. The first-order chi connectivity index (χ1) is 9.20. The van der Waals surface area contributed by atoms with Crippen LogP contribution in [0, 0.1) is 0 Å². The number of unbranched alkanes of at least 4 members (excludes halogenated alkanes) is 1. The average molecular weight is 261 g/mol. The van der Waals surface area contributed by atoms with Crippen LogP contribution in [0.25, 0.3) is 0 Å². The monoisotopic (exact) mass is 261 g/mol. The zero-order valence-corrected chi connectivity index (χ0v) is 11.1. The van der Waals surface area contributed by atoms with Crippen LogP contribution in [0.4, 0.5) is 16.2 Å². The molecule has 0 unspecified atom stereocenters. The van der Waals surface area contributed by atoms with Crippen LogP contribution >= 0.6 is 0 Å². The van der Waals surface area contributed by atoms with Gasteiger partial charge < -0.3 is 10.6 Å². The maximum absolute atomic E-state index is 11.7. The number of carbonyl (C=O) groups is 2. The Hall–Kier alpha value is -2.04. The molecule has 2 N–H and O–H groups in total. The Bertz CT molecular complexity index is 474. The summed E-state index contributed by atoms with van der Waals surface area (Å²) in [7, 11) is 0. The van der Waals surface area contributed by atoms with E-state index in [9.17, 15) is 9.59 Å². The van der Waals surface area contributed by atoms with Crippen LogP contribution in [0.1, 0.15) is 26.2 Å². The summed E-state index contributed by atoms with van der Waals surface area (Å²) in [6, 6.07) is 7.29. The molecule has 1 aromatic carbocycles. The maximum atomic E-state index is 11.7. The van der Waals surface area contributed by atoms with Gasteiger partial charge in [0.1, 0.15) is 0 Å². The maximum Gasteiger partial charge on any atom is 0.321 e. The molecule has 1 heterocycles. The highest BCUT2D eigenvalue weighted by Gasteiger charge is 2.21. The van der Waals surface area contributed by atoms with Gasteiger partial charge in [0, 0.05) is 30.9 Å². The topological polar surface area (TPSA) is 61.4 Å². The Morgan fingerprint density at radius 1 is 1.47 bits per heavy atom. The number of amides is 3. The molecule has 1 saturated heterocycles. The van der Waals surface area contributed by atoms with E-state index >= 15 is 0 Å². The molecule has 1 fully saturated rings. The van der Waals surface area contributed by atoms with Crippen molar-refractivity contribution in [1.29, 1.82) is 0 Å². The molecule has 0 spiro atoms. The molecule has 19 heavy (non-hydrogen) atoms. The second kappa shape index (κ2) is 6.22. The van der Waals surface area contributed by atoms with Gasteiger partial charge in [-0.15, -0.1) is 0 Å². The lowest BCUT2D eigenvalue weighted by atomic mass is 10.2. The minimum atomic E-state index is -0.0885. The molecular formula is C14H19N3O2. The van der Waals surface area contributed by atoms with Gasteiger partial charge in [-0.2, -0.15) is 0 Å². The van der Waals surface area contributed by atoms with E-state index in [1.807, 2.05) is 24.3 Å². The smallest absolute Gasteiger partial charge is 0.321 e. The van der Waals surface area contributed by atoms with Crippen molar-refractivity contribution in [2.24, 2.45) is 0 Å². The van der Waals surface area contributed by atoms with Gasteiger partial charge in [0.2, 0.25) is 5.91 Å². The van der Waals surface area contributed by atoms with Crippen LogP contribution in [0.5, 0.6) is 0 Å². The van der Waals surface area contributed by atoms with Crippen molar-refractivity contribution in [2.45, 2.75) is 26.2 Å². The fraction of sp³-hybridized carbons (Fsp3) is 0.429. The molecule has 5 heteroatoms. The number of carbonyl (C=O) groups excluding carboxylic acids is 2. The number of nitrogens with one attached hydrogen (secondary N) is 2. The van der Waals surface area contributed by atoms with Gasteiger partial charge in [0.15, 0.2) is 0 Å². The molecule has 0 radical (unpaired) electrons. The SMILES string of the molecule is CCCCC(=O)Nc1cccc(N2CCNC2=O)c1. The van der Waals surface area contributed by atoms with Crippen molar-refractivity contribution in [2.75, 3.05) is 23.3 Å². The molecule has 1 aliphatic heterocycles. The van der Waals surface area contributed by atoms with Crippen LogP contribution in [0.3, 0.4) is 0 Å². The highest BCUT2D eigenvalue weighted by atomic mass is 16.2. The van der Waals surface area contributed by atoms with E-state index in [0.29, 0.717) is 19.5 Å². The summed E-state index contributed by atoms with van der Waals surface area (Å²) < 4.78 is 0. The summed E-state index contributed by atoms with van der Waals surface area (Å²) in [4.78, 5) is 24.9. The Kier molecular flexibility index (Phi) is 4.39. The average Bonchev–Trinajstić information content (AvgIpc) is 2.83. The van der Waals surface area contributed by atoms with E-state index in [1.165, 1.54) is 0 Å². The number of anilines is 2. The predicted octanol–water partition coefficient (Wildman–Crippen LogP) is 2.34. The predicted molar refractivity (Wildman–Crippen MR) is 75.3 cm³/mol. The lowest BCUT2D eigenvalue weighted by Crippen LogP contribution is -2.27. The van der Waals surface area contributed by atoms with Crippen molar-refractivity contribution < 1.29 is 9.59 Å². The van der Waals surface area contributed by atoms with Crippen molar-refractivity contribution in [3.05, 3.63) is 24.3 Å². The Morgan fingerprint density at radius 2 is 2.32 bits per heavy atom. The second-order valence-corrected chi connectivity index (χ2v) is 4.59. The Balaban J connectivity index is 2.02. The molecule has 0 bridgehead atoms. The molecule has 5 nitrogen and oxygen atoms in total. The fourth-order valence-corrected chi connectivity index (χ4v) is 2.03. The molecule has 0 atom stereocenters. The molecule has 102 valence electrons. The molecule has 0 saturated carbocycles. The van der Waals surface area contributed by atoms with E-state index in [4.69, 9.17) is 0 Å². The number of urea groups is 1. The van der Waals surface area contributed by atoms with E-state index in [1.54, 1.807) is 4.90 Å². The zero-order chi connectivity index (χ0) is 13.7. The molecule has 1 aliphatic rings. The minimum absolute atomic E-state index is 0.0184. The summed E-state index contributed by atoms with van der Waals surface area (Å²) in [5.41, 5.74) is 1.54. The van der Waals surface area contributed by atoms with Crippen molar-refractivity contribution in [3.63, 3.8) is 0 Å². The zero-order valence-electron chi connectivity index (χ0n) is 11.1. The van der Waals surface area contributed by atoms with E-state index in [0.717, 1.165) is 24.2 Å². The molecule has 1 aromatic rings. The minimum Gasteiger partial charge on any atom is -0.336 e. The number of benzene rings is 1. The molecule has 3 amide bonds. The van der Waals surface area contributed by atoms with Gasteiger partial charge in [0.05, 0.1) is 0 Å². The van der Waals surface area contributed by atoms with Gasteiger partial charge in [-0.1, -0.05) is 19.4 Å². The number of hydrogen-bond acceptors (Lipinski definition) is 2. The van der Waals surface area contributed by atoms with E-state index < -0.39 is 0 Å². The largest absolute Gasteiger partial charge is 0.336 e. The highest BCUT2D eigenvalue weighted by molar-refractivity contribution is 5.96. The van der Waals surface area contributed by atoms with E-state index in [-0.39, 0.29) is 11.9 Å². The summed E-state index contributed by atoms with van der Waals surface area (Å²) in [6.45, 7) is 3.37. The van der Waals surface area contributed by atoms with Gasteiger partial charge >= 0.3 is 6.03 Å². The van der Waals surface area contributed by atoms with Crippen molar-refractivity contribution in [3.8, 4) is 0 Å². The quantitative estimate of drug-likeness (QED) is 0.854. The van der Waals surface area contributed by atoms with Gasteiger partial charge in [0.25, 0.3) is 0 Å². The van der Waals surface area contributed by atoms with Gasteiger partial charge in [-0.3, -0.25) is 9.69 Å². The third kappa shape index (κ3) is 3.47. The number of hydrogen-bond donors (Lipinski definition) is 2. The number of nitrogens with zero attached hydrogens (tertiary/aromatic N) is 1. The van der Waals surface area contributed by atoms with Crippen LogP contribution < -0.4 is 15.5 Å². The standard InChI is InChI=1S/C14H19N3O2/c1-2-3-7-13(18)16-11-5-4-6-12(10-11)17-9-8-15-14(17)19/h4-6,10H,2-3,7-9H2,1H3,(H,15,19)(H,16,18). The molecule has 0 aliphatic carbocycles. The first kappa shape index (κ1) is 13.4. The fourth-order valence-electron chi connectivity index (χ4n) is 2.03. The molecule has 2 rings (SSSR count). The van der Waals surface area contributed by atoms with Crippen molar-refractivity contribution in [1.82, 2.24) is 5.32 Å². The summed E-state index contributed by atoms with van der Waals surface area (Å²) in [5, 5.41) is 5.61. The summed E-state index contributed by atoms with van der Waals surface area (Å²) in [5.74, 6) is 0.0184. The first-order valence-corrected chi connectivity index (χ1v) is 6.66. The van der Waals surface area contributed by atoms with Crippen LogP contribution in [-0.2, 0) is 4.79 Å². The van der Waals surface area contributed by atoms with Crippen molar-refractivity contribution >= 4 is 23.3 Å². The van der Waals surface area contributed by atoms with Gasteiger partial charge in [-0.25, -0.2) is 4.79 Å². The first-order valence-electron chi connectivity index (χ1n) is 6.66. The van der Waals surface area contributed by atoms with Gasteiger partial charge in [-0.05, 0) is 24.6 Å². The second-order valence-electron chi connectivity index (χ2n) is 4.59. The molecular weight excluding hydrogens is 242 g/mol.